The predicted molar refractivity (Wildman–Crippen MR) is 128 cm³/mol. The highest BCUT2D eigenvalue weighted by atomic mass is 32.2. The Labute approximate surface area is 198 Å². The summed E-state index contributed by atoms with van der Waals surface area (Å²) in [6, 6.07) is 8.13. The minimum Gasteiger partial charge on any atom is -0.476 e. The molecule has 1 aromatic carbocycles. The third kappa shape index (κ3) is 5.06. The van der Waals surface area contributed by atoms with Crippen LogP contribution in [0.1, 0.15) is 25.8 Å². The molecule has 4 rings (SSSR count). The van der Waals surface area contributed by atoms with E-state index in [0.29, 0.717) is 36.6 Å². The van der Waals surface area contributed by atoms with E-state index < -0.39 is 0 Å². The van der Waals surface area contributed by atoms with Crippen molar-refractivity contribution in [1.82, 2.24) is 24.5 Å². The van der Waals surface area contributed by atoms with Gasteiger partial charge in [-0.05, 0) is 38.3 Å². The van der Waals surface area contributed by atoms with E-state index in [9.17, 15) is 4.79 Å². The maximum absolute atomic E-state index is 13.1. The molecule has 2 aromatic heterocycles. The first-order valence-corrected chi connectivity index (χ1v) is 12.3. The molecule has 10 heteroatoms. The number of fused-ring (bicyclic) bond motifs is 1. The highest BCUT2D eigenvalue weighted by Crippen LogP contribution is 2.32. The fourth-order valence-electron chi connectivity index (χ4n) is 3.94. The van der Waals surface area contributed by atoms with Crippen molar-refractivity contribution in [1.29, 1.82) is 0 Å². The van der Waals surface area contributed by atoms with Gasteiger partial charge in [0.2, 0.25) is 11.8 Å². The van der Waals surface area contributed by atoms with Gasteiger partial charge in [-0.15, -0.1) is 15.3 Å². The second-order valence-electron chi connectivity index (χ2n) is 7.65. The van der Waals surface area contributed by atoms with Crippen LogP contribution in [0.2, 0.25) is 0 Å². The Morgan fingerprint density at radius 3 is 2.85 bits per heavy atom. The summed E-state index contributed by atoms with van der Waals surface area (Å²) in [5, 5.41) is 14.0. The number of carbonyl (C=O) groups excluding carboxylic acids is 1. The fourth-order valence-corrected chi connectivity index (χ4v) is 4.78. The third-order valence-electron chi connectivity index (χ3n) is 5.55. The largest absolute Gasteiger partial charge is 0.476 e. The van der Waals surface area contributed by atoms with Gasteiger partial charge in [0.15, 0.2) is 11.0 Å². The smallest absolute Gasteiger partial charge is 0.243 e. The Morgan fingerprint density at radius 2 is 2.06 bits per heavy atom. The van der Waals surface area contributed by atoms with E-state index in [0.717, 1.165) is 37.2 Å². The van der Waals surface area contributed by atoms with E-state index >= 15 is 0 Å². The predicted octanol–water partition coefficient (Wildman–Crippen LogP) is 3.28. The first-order chi connectivity index (χ1) is 16.2. The zero-order chi connectivity index (χ0) is 23.2. The maximum atomic E-state index is 13.1. The Morgan fingerprint density at radius 1 is 1.21 bits per heavy atom. The van der Waals surface area contributed by atoms with Crippen molar-refractivity contribution in [2.45, 2.75) is 44.9 Å². The average Bonchev–Trinajstić information content (AvgIpc) is 3.44. The molecule has 0 aliphatic carbocycles. The molecule has 3 heterocycles. The van der Waals surface area contributed by atoms with Crippen LogP contribution in [0.5, 0.6) is 5.88 Å². The van der Waals surface area contributed by atoms with E-state index in [2.05, 4.69) is 21.4 Å². The molecule has 9 nitrogen and oxygen atoms in total. The summed E-state index contributed by atoms with van der Waals surface area (Å²) in [5.74, 6) is 1.55. The van der Waals surface area contributed by atoms with E-state index in [1.165, 1.54) is 17.3 Å². The molecular formula is C23H30N6O3S. The Kier molecular flexibility index (Phi) is 7.66. The van der Waals surface area contributed by atoms with Crippen molar-refractivity contribution in [3.05, 3.63) is 36.0 Å². The summed E-state index contributed by atoms with van der Waals surface area (Å²) >= 11 is 1.40. The van der Waals surface area contributed by atoms with Crippen molar-refractivity contribution >= 4 is 23.4 Å². The lowest BCUT2D eigenvalue weighted by Crippen LogP contribution is -2.36. The van der Waals surface area contributed by atoms with Gasteiger partial charge in [-0.3, -0.25) is 14.0 Å². The van der Waals surface area contributed by atoms with Gasteiger partial charge in [-0.25, -0.2) is 0 Å². The number of aromatic nitrogens is 5. The lowest BCUT2D eigenvalue weighted by molar-refractivity contribution is -0.116. The van der Waals surface area contributed by atoms with Crippen LogP contribution < -0.4 is 9.64 Å². The Hall–Kier alpha value is -2.85. The normalized spacial score (nSPS) is 13.2. The Bertz CT molecular complexity index is 1100. The minimum absolute atomic E-state index is 0.0730. The van der Waals surface area contributed by atoms with Crippen LogP contribution in [0.15, 0.2) is 35.6 Å². The van der Waals surface area contributed by atoms with Crippen LogP contribution in [0, 0.1) is 0 Å². The first-order valence-electron chi connectivity index (χ1n) is 11.3. The van der Waals surface area contributed by atoms with Gasteiger partial charge in [-0.2, -0.15) is 0 Å². The molecule has 3 aromatic rings. The number of benzene rings is 1. The van der Waals surface area contributed by atoms with Gasteiger partial charge < -0.3 is 14.4 Å². The molecule has 0 bridgehead atoms. The highest BCUT2D eigenvalue weighted by molar-refractivity contribution is 7.99. The van der Waals surface area contributed by atoms with Crippen molar-refractivity contribution in [2.24, 2.45) is 0 Å². The molecule has 1 amide bonds. The number of hydrogen-bond donors (Lipinski definition) is 0. The number of methoxy groups -OCH3 is 1. The number of aryl methyl sites for hydroxylation is 2. The Balaban J connectivity index is 1.56. The number of amides is 1. The molecule has 1 aliphatic rings. The van der Waals surface area contributed by atoms with Gasteiger partial charge >= 0.3 is 0 Å². The second kappa shape index (κ2) is 10.8. The minimum atomic E-state index is 0.0730. The number of thioether (sulfide) groups is 1. The molecule has 0 radical (unpaired) electrons. The third-order valence-corrected chi connectivity index (χ3v) is 6.50. The number of para-hydroxylation sites is 1. The molecule has 0 fully saturated rings. The number of nitrogens with zero attached hydrogens (tertiary/aromatic N) is 6. The van der Waals surface area contributed by atoms with Gasteiger partial charge in [0.05, 0.1) is 25.5 Å². The molecule has 0 N–H and O–H groups in total. The van der Waals surface area contributed by atoms with Crippen LogP contribution in [-0.4, -0.2) is 63.1 Å². The second-order valence-corrected chi connectivity index (χ2v) is 8.60. The monoisotopic (exact) mass is 470 g/mol. The van der Waals surface area contributed by atoms with E-state index in [1.807, 2.05) is 52.4 Å². The molecule has 1 aliphatic heterocycles. The van der Waals surface area contributed by atoms with Gasteiger partial charge in [-0.1, -0.05) is 30.0 Å². The van der Waals surface area contributed by atoms with Crippen LogP contribution in [0.3, 0.4) is 0 Å². The van der Waals surface area contributed by atoms with E-state index in [-0.39, 0.29) is 11.7 Å². The van der Waals surface area contributed by atoms with Crippen molar-refractivity contribution < 1.29 is 14.3 Å². The molecule has 0 atom stereocenters. The standard InChI is InChI=1S/C23H30N6O3S/c1-4-27-15-18(22(26-27)32-5-2)21-24-25-23(29(21)13-14-31-3)33-16-20(30)28-12-8-10-17-9-6-7-11-19(17)28/h6-7,9,11,15H,4-5,8,10,12-14,16H2,1-3H3. The summed E-state index contributed by atoms with van der Waals surface area (Å²) in [6.07, 6.45) is 3.90. The number of rotatable bonds is 10. The zero-order valence-corrected chi connectivity index (χ0v) is 20.2. The van der Waals surface area contributed by atoms with Crippen LogP contribution in [-0.2, 0) is 29.0 Å². The van der Waals surface area contributed by atoms with Crippen LogP contribution >= 0.6 is 11.8 Å². The molecule has 33 heavy (non-hydrogen) atoms. The van der Waals surface area contributed by atoms with Crippen molar-refractivity contribution in [3.63, 3.8) is 0 Å². The number of ether oxygens (including phenoxy) is 2. The summed E-state index contributed by atoms with van der Waals surface area (Å²) in [7, 11) is 1.66. The molecular weight excluding hydrogens is 440 g/mol. The quantitative estimate of drug-likeness (QED) is 0.420. The zero-order valence-electron chi connectivity index (χ0n) is 19.4. The first kappa shape index (κ1) is 23.3. The molecule has 0 saturated heterocycles. The number of anilines is 1. The van der Waals surface area contributed by atoms with Gasteiger partial charge in [0.1, 0.15) is 5.56 Å². The summed E-state index contributed by atoms with van der Waals surface area (Å²) in [5.41, 5.74) is 3.03. The molecule has 176 valence electrons. The summed E-state index contributed by atoms with van der Waals surface area (Å²) < 4.78 is 14.9. The lowest BCUT2D eigenvalue weighted by atomic mass is 10.0. The van der Waals surface area contributed by atoms with E-state index in [1.54, 1.807) is 7.11 Å². The van der Waals surface area contributed by atoms with Crippen molar-refractivity contribution in [3.8, 4) is 17.3 Å². The molecule has 0 saturated carbocycles. The highest BCUT2D eigenvalue weighted by Gasteiger charge is 2.25. The van der Waals surface area contributed by atoms with Crippen LogP contribution in [0.25, 0.3) is 11.4 Å². The van der Waals surface area contributed by atoms with E-state index in [4.69, 9.17) is 9.47 Å². The lowest BCUT2D eigenvalue weighted by Gasteiger charge is -2.29. The number of hydrogen-bond acceptors (Lipinski definition) is 7. The molecule has 0 unspecified atom stereocenters. The van der Waals surface area contributed by atoms with Crippen molar-refractivity contribution in [2.75, 3.05) is 37.5 Å². The SMILES string of the molecule is CCOc1nn(CC)cc1-c1nnc(SCC(=O)N2CCCc3ccccc32)n1CCOC. The number of carbonyl (C=O) groups is 1. The van der Waals surface area contributed by atoms with Crippen LogP contribution in [0.4, 0.5) is 5.69 Å². The topological polar surface area (TPSA) is 87.3 Å². The maximum Gasteiger partial charge on any atom is 0.243 e. The average molecular weight is 471 g/mol. The van der Waals surface area contributed by atoms with Gasteiger partial charge in [0.25, 0.3) is 0 Å². The van der Waals surface area contributed by atoms with Gasteiger partial charge in [0, 0.05) is 32.1 Å². The fraction of sp³-hybridized carbons (Fsp3) is 0.478. The molecule has 0 spiro atoms. The summed E-state index contributed by atoms with van der Waals surface area (Å²) in [6.45, 7) is 6.98. The summed E-state index contributed by atoms with van der Waals surface area (Å²) in [4.78, 5) is 15.0.